The summed E-state index contributed by atoms with van der Waals surface area (Å²) in [5.74, 6) is 2.03. The molecule has 3 unspecified atom stereocenters. The maximum absolute atomic E-state index is 12.0. The Morgan fingerprint density at radius 1 is 1.21 bits per heavy atom. The van der Waals surface area contributed by atoms with Crippen LogP contribution >= 0.6 is 0 Å². The Balaban J connectivity index is 1.69. The van der Waals surface area contributed by atoms with Gasteiger partial charge in [-0.25, -0.2) is 4.79 Å². The number of nitrogens with one attached hydrogen (secondary N) is 1. The predicted octanol–water partition coefficient (Wildman–Crippen LogP) is 2.42. The van der Waals surface area contributed by atoms with E-state index in [-0.39, 0.29) is 23.3 Å². The lowest BCUT2D eigenvalue weighted by Gasteiger charge is -2.58. The van der Waals surface area contributed by atoms with Crippen LogP contribution in [0.4, 0.5) is 4.79 Å². The number of rotatable bonds is 1. The van der Waals surface area contributed by atoms with Crippen LogP contribution < -0.4 is 11.1 Å². The first-order valence-electron chi connectivity index (χ1n) is 7.53. The number of nitrogens with two attached hydrogens (primary N) is 1. The SMILES string of the molecule is CC(C)(C)NC(=O)OC1C2CC3CC(C2)CC1(N)C3. The Hall–Kier alpha value is -0.770. The number of hydrogen-bond acceptors (Lipinski definition) is 3. The second kappa shape index (κ2) is 4.11. The second-order valence-corrected chi connectivity index (χ2v) is 8.04. The van der Waals surface area contributed by atoms with Crippen molar-refractivity contribution < 1.29 is 9.53 Å². The second-order valence-electron chi connectivity index (χ2n) is 8.04. The third-order valence-corrected chi connectivity index (χ3v) is 4.98. The van der Waals surface area contributed by atoms with Crippen LogP contribution in [0.15, 0.2) is 0 Å². The van der Waals surface area contributed by atoms with Crippen molar-refractivity contribution in [2.24, 2.45) is 23.5 Å². The van der Waals surface area contributed by atoms with Crippen LogP contribution in [-0.4, -0.2) is 23.3 Å². The van der Waals surface area contributed by atoms with Gasteiger partial charge in [-0.05, 0) is 70.6 Å². The van der Waals surface area contributed by atoms with Gasteiger partial charge in [0.15, 0.2) is 0 Å². The zero-order valence-electron chi connectivity index (χ0n) is 12.2. The summed E-state index contributed by atoms with van der Waals surface area (Å²) in [4.78, 5) is 12.0. The Morgan fingerprint density at radius 2 is 1.79 bits per heavy atom. The zero-order valence-corrected chi connectivity index (χ0v) is 12.2. The molecular formula is C15H26N2O2. The van der Waals surface area contributed by atoms with Crippen LogP contribution in [0.25, 0.3) is 0 Å². The third-order valence-electron chi connectivity index (χ3n) is 4.98. The molecule has 1 amide bonds. The fourth-order valence-corrected chi connectivity index (χ4v) is 4.72. The molecule has 4 fully saturated rings. The maximum Gasteiger partial charge on any atom is 0.407 e. The Kier molecular flexibility index (Phi) is 2.86. The van der Waals surface area contributed by atoms with E-state index in [1.807, 2.05) is 20.8 Å². The van der Waals surface area contributed by atoms with Gasteiger partial charge < -0.3 is 15.8 Å². The number of carbonyl (C=O) groups excluding carboxylic acids is 1. The van der Waals surface area contributed by atoms with E-state index in [4.69, 9.17) is 10.5 Å². The van der Waals surface area contributed by atoms with Gasteiger partial charge in [-0.1, -0.05) is 0 Å². The van der Waals surface area contributed by atoms with E-state index in [1.54, 1.807) is 0 Å². The maximum atomic E-state index is 12.0. The topological polar surface area (TPSA) is 64.3 Å². The van der Waals surface area contributed by atoms with E-state index in [0.717, 1.165) is 24.7 Å². The molecule has 4 aliphatic rings. The van der Waals surface area contributed by atoms with Crippen molar-refractivity contribution in [2.75, 3.05) is 0 Å². The molecule has 108 valence electrons. The van der Waals surface area contributed by atoms with Gasteiger partial charge in [-0.15, -0.1) is 0 Å². The van der Waals surface area contributed by atoms with Crippen molar-refractivity contribution in [2.45, 2.75) is 70.1 Å². The van der Waals surface area contributed by atoms with E-state index in [2.05, 4.69) is 5.32 Å². The summed E-state index contributed by atoms with van der Waals surface area (Å²) in [6.45, 7) is 5.89. The van der Waals surface area contributed by atoms with Crippen LogP contribution in [0.5, 0.6) is 0 Å². The van der Waals surface area contributed by atoms with Gasteiger partial charge in [-0.3, -0.25) is 0 Å². The molecule has 3 atom stereocenters. The fraction of sp³-hybridized carbons (Fsp3) is 0.933. The highest BCUT2D eigenvalue weighted by molar-refractivity contribution is 5.68. The van der Waals surface area contributed by atoms with Crippen molar-refractivity contribution in [3.8, 4) is 0 Å². The van der Waals surface area contributed by atoms with Crippen molar-refractivity contribution in [3.63, 3.8) is 0 Å². The van der Waals surface area contributed by atoms with Gasteiger partial charge in [0.05, 0.1) is 5.54 Å². The van der Waals surface area contributed by atoms with E-state index in [0.29, 0.717) is 5.92 Å². The Bertz CT molecular complexity index is 374. The number of ether oxygens (including phenoxy) is 1. The first-order chi connectivity index (χ1) is 8.75. The van der Waals surface area contributed by atoms with Gasteiger partial charge in [0, 0.05) is 5.54 Å². The predicted molar refractivity (Wildman–Crippen MR) is 73.6 cm³/mol. The smallest absolute Gasteiger partial charge is 0.407 e. The molecule has 4 nitrogen and oxygen atoms in total. The average molecular weight is 266 g/mol. The molecular weight excluding hydrogens is 240 g/mol. The quantitative estimate of drug-likeness (QED) is 0.766. The molecule has 0 aromatic rings. The highest BCUT2D eigenvalue weighted by Crippen LogP contribution is 2.55. The van der Waals surface area contributed by atoms with Crippen molar-refractivity contribution in [1.29, 1.82) is 0 Å². The molecule has 19 heavy (non-hydrogen) atoms. The van der Waals surface area contributed by atoms with Crippen LogP contribution in [-0.2, 0) is 4.74 Å². The molecule has 4 rings (SSSR count). The molecule has 0 aromatic heterocycles. The number of carbonyl (C=O) groups is 1. The van der Waals surface area contributed by atoms with Gasteiger partial charge in [0.1, 0.15) is 6.10 Å². The average Bonchev–Trinajstić information content (AvgIpc) is 2.19. The van der Waals surface area contributed by atoms with E-state index < -0.39 is 0 Å². The molecule has 0 saturated heterocycles. The summed E-state index contributed by atoms with van der Waals surface area (Å²) in [6.07, 6.45) is 5.42. The molecule has 4 bridgehead atoms. The van der Waals surface area contributed by atoms with Crippen LogP contribution in [0.1, 0.15) is 52.9 Å². The lowest BCUT2D eigenvalue weighted by atomic mass is 9.52. The monoisotopic (exact) mass is 266 g/mol. The van der Waals surface area contributed by atoms with E-state index in [9.17, 15) is 4.79 Å². The van der Waals surface area contributed by atoms with Crippen molar-refractivity contribution >= 4 is 6.09 Å². The first-order valence-corrected chi connectivity index (χ1v) is 7.53. The van der Waals surface area contributed by atoms with Gasteiger partial charge in [0.25, 0.3) is 0 Å². The first kappa shape index (κ1) is 13.2. The largest absolute Gasteiger partial charge is 0.444 e. The zero-order chi connectivity index (χ0) is 13.8. The molecule has 0 aromatic carbocycles. The van der Waals surface area contributed by atoms with Crippen LogP contribution in [0.3, 0.4) is 0 Å². The standard InChI is InChI=1S/C15H26N2O2/c1-14(2,3)17-13(18)19-12-11-5-9-4-10(6-11)8-15(12,16)7-9/h9-12H,4-8,16H2,1-3H3,(H,17,18). The number of alkyl carbamates (subject to hydrolysis) is 1. The van der Waals surface area contributed by atoms with Gasteiger partial charge in [-0.2, -0.15) is 0 Å². The minimum atomic E-state index is -0.310. The summed E-state index contributed by atoms with van der Waals surface area (Å²) in [6, 6.07) is 0. The molecule has 0 spiro atoms. The molecule has 4 heteroatoms. The summed E-state index contributed by atoms with van der Waals surface area (Å²) in [5, 5.41) is 2.88. The number of amides is 1. The molecule has 4 saturated carbocycles. The number of hydrogen-bond donors (Lipinski definition) is 2. The Morgan fingerprint density at radius 3 is 2.26 bits per heavy atom. The van der Waals surface area contributed by atoms with Crippen molar-refractivity contribution in [1.82, 2.24) is 5.32 Å². The Labute approximate surface area is 115 Å². The lowest BCUT2D eigenvalue weighted by Crippen LogP contribution is -2.66. The van der Waals surface area contributed by atoms with E-state index in [1.165, 1.54) is 19.3 Å². The molecule has 0 aliphatic heterocycles. The molecule has 0 radical (unpaired) electrons. The molecule has 0 heterocycles. The highest BCUT2D eigenvalue weighted by atomic mass is 16.6. The van der Waals surface area contributed by atoms with Crippen LogP contribution in [0, 0.1) is 17.8 Å². The highest BCUT2D eigenvalue weighted by Gasteiger charge is 2.57. The van der Waals surface area contributed by atoms with Crippen LogP contribution in [0.2, 0.25) is 0 Å². The third kappa shape index (κ3) is 2.47. The molecule has 3 N–H and O–H groups in total. The summed E-state index contributed by atoms with van der Waals surface area (Å²) >= 11 is 0. The van der Waals surface area contributed by atoms with Crippen molar-refractivity contribution in [3.05, 3.63) is 0 Å². The minimum absolute atomic E-state index is 0.0809. The van der Waals surface area contributed by atoms with E-state index >= 15 is 0 Å². The van der Waals surface area contributed by atoms with Gasteiger partial charge in [0.2, 0.25) is 0 Å². The molecule has 4 aliphatic carbocycles. The summed E-state index contributed by atoms with van der Waals surface area (Å²) < 4.78 is 5.73. The fourth-order valence-electron chi connectivity index (χ4n) is 4.72. The van der Waals surface area contributed by atoms with Gasteiger partial charge >= 0.3 is 6.09 Å². The lowest BCUT2D eigenvalue weighted by molar-refractivity contribution is -0.111. The summed E-state index contributed by atoms with van der Waals surface area (Å²) in [7, 11) is 0. The summed E-state index contributed by atoms with van der Waals surface area (Å²) in [5.41, 5.74) is 6.05. The minimum Gasteiger partial charge on any atom is -0.444 e. The normalized spacial score (nSPS) is 44.2.